The van der Waals surface area contributed by atoms with E-state index in [0.717, 1.165) is 31.2 Å². The zero-order valence-electron chi connectivity index (χ0n) is 15.4. The first-order valence-electron chi connectivity index (χ1n) is 8.65. The molecule has 0 amide bonds. The van der Waals surface area contributed by atoms with Crippen molar-refractivity contribution in [2.45, 2.75) is 26.8 Å². The molecule has 0 saturated heterocycles. The van der Waals surface area contributed by atoms with Crippen molar-refractivity contribution < 1.29 is 4.52 Å². The van der Waals surface area contributed by atoms with Crippen molar-refractivity contribution in [1.82, 2.24) is 30.6 Å². The van der Waals surface area contributed by atoms with Gasteiger partial charge in [-0.25, -0.2) is 9.67 Å². The Morgan fingerprint density at radius 2 is 2.04 bits per heavy atom. The van der Waals surface area contributed by atoms with E-state index in [-0.39, 0.29) is 24.0 Å². The average Bonchev–Trinajstić information content (AvgIpc) is 3.32. The van der Waals surface area contributed by atoms with Gasteiger partial charge in [0.05, 0.1) is 5.69 Å². The first-order valence-corrected chi connectivity index (χ1v) is 8.65. The Kier molecular flexibility index (Phi) is 8.24. The highest BCUT2D eigenvalue weighted by Crippen LogP contribution is 2.08. The van der Waals surface area contributed by atoms with Crippen LogP contribution in [-0.2, 0) is 13.0 Å². The Balaban J connectivity index is 0.00000261. The van der Waals surface area contributed by atoms with E-state index in [4.69, 9.17) is 4.52 Å². The predicted octanol–water partition coefficient (Wildman–Crippen LogP) is 2.48. The van der Waals surface area contributed by atoms with Gasteiger partial charge in [0, 0.05) is 32.4 Å². The monoisotopic (exact) mass is 481 g/mol. The smallest absolute Gasteiger partial charge is 0.223 e. The van der Waals surface area contributed by atoms with Crippen LogP contribution in [0.4, 0.5) is 0 Å². The van der Waals surface area contributed by atoms with Crippen LogP contribution < -0.4 is 10.6 Å². The molecule has 0 radical (unpaired) electrons. The molecule has 27 heavy (non-hydrogen) atoms. The van der Waals surface area contributed by atoms with E-state index in [9.17, 15) is 0 Å². The second-order valence-electron chi connectivity index (χ2n) is 5.72. The fraction of sp³-hybridized carbons (Fsp3) is 0.333. The van der Waals surface area contributed by atoms with Gasteiger partial charge in [0.25, 0.3) is 0 Å². The molecule has 2 heterocycles. The minimum Gasteiger partial charge on any atom is -0.357 e. The number of hydrogen-bond acceptors (Lipinski definition) is 5. The van der Waals surface area contributed by atoms with E-state index in [1.165, 1.54) is 5.56 Å². The summed E-state index contributed by atoms with van der Waals surface area (Å²) in [5.41, 5.74) is 2.30. The zero-order chi connectivity index (χ0) is 18.2. The van der Waals surface area contributed by atoms with E-state index in [0.29, 0.717) is 18.3 Å². The molecule has 0 bridgehead atoms. The molecular weight excluding hydrogens is 457 g/mol. The van der Waals surface area contributed by atoms with Crippen molar-refractivity contribution in [3.8, 4) is 5.69 Å². The van der Waals surface area contributed by atoms with Gasteiger partial charge in [-0.1, -0.05) is 17.3 Å². The Morgan fingerprint density at radius 3 is 2.67 bits per heavy atom. The predicted molar refractivity (Wildman–Crippen MR) is 115 cm³/mol. The van der Waals surface area contributed by atoms with Crippen LogP contribution in [0.1, 0.15) is 24.2 Å². The molecule has 0 unspecified atom stereocenters. The van der Waals surface area contributed by atoms with Gasteiger partial charge in [-0.05, 0) is 37.1 Å². The minimum absolute atomic E-state index is 0. The standard InChI is InChI=1S/C18H23N7O.HI/c1-3-19-18(21-13-17-23-14(2)26-24-17)20-11-9-15-5-7-16(8-6-15)25-12-4-10-22-25;/h4-8,10,12H,3,9,11,13H2,1-2H3,(H2,19,20,21);1H. The normalized spacial score (nSPS) is 11.1. The number of aliphatic imine (C=N–C) groups is 1. The fourth-order valence-corrected chi connectivity index (χ4v) is 2.46. The van der Waals surface area contributed by atoms with Crippen LogP contribution in [0.3, 0.4) is 0 Å². The zero-order valence-corrected chi connectivity index (χ0v) is 17.8. The molecule has 2 N–H and O–H groups in total. The lowest BCUT2D eigenvalue weighted by Gasteiger charge is -2.11. The van der Waals surface area contributed by atoms with Crippen LogP contribution in [-0.4, -0.2) is 39.0 Å². The number of rotatable bonds is 7. The Bertz CT molecular complexity index is 828. The Morgan fingerprint density at radius 1 is 1.22 bits per heavy atom. The van der Waals surface area contributed by atoms with Gasteiger partial charge in [0.15, 0.2) is 11.8 Å². The van der Waals surface area contributed by atoms with Crippen LogP contribution in [0.25, 0.3) is 5.69 Å². The fourth-order valence-electron chi connectivity index (χ4n) is 2.46. The number of aromatic nitrogens is 4. The van der Waals surface area contributed by atoms with Gasteiger partial charge in [0.1, 0.15) is 6.54 Å². The average molecular weight is 481 g/mol. The summed E-state index contributed by atoms with van der Waals surface area (Å²) < 4.78 is 6.80. The van der Waals surface area contributed by atoms with E-state index in [2.05, 4.69) is 55.1 Å². The van der Waals surface area contributed by atoms with Crippen molar-refractivity contribution in [2.75, 3.05) is 13.1 Å². The number of aryl methyl sites for hydroxylation is 1. The summed E-state index contributed by atoms with van der Waals surface area (Å²) >= 11 is 0. The van der Waals surface area contributed by atoms with E-state index < -0.39 is 0 Å². The highest BCUT2D eigenvalue weighted by molar-refractivity contribution is 14.0. The third-order valence-electron chi connectivity index (χ3n) is 3.70. The maximum Gasteiger partial charge on any atom is 0.223 e. The van der Waals surface area contributed by atoms with Crippen LogP contribution in [0.15, 0.2) is 52.2 Å². The molecule has 0 saturated carbocycles. The molecule has 2 aromatic heterocycles. The van der Waals surface area contributed by atoms with Gasteiger partial charge < -0.3 is 15.2 Å². The number of nitrogens with zero attached hydrogens (tertiary/aromatic N) is 5. The molecule has 0 fully saturated rings. The maximum absolute atomic E-state index is 4.95. The summed E-state index contributed by atoms with van der Waals surface area (Å²) in [5.74, 6) is 1.86. The molecule has 0 spiro atoms. The van der Waals surface area contributed by atoms with E-state index in [1.807, 2.05) is 23.9 Å². The molecule has 0 aliphatic heterocycles. The van der Waals surface area contributed by atoms with Gasteiger partial charge in [-0.2, -0.15) is 10.1 Å². The quantitative estimate of drug-likeness (QED) is 0.306. The van der Waals surface area contributed by atoms with Gasteiger partial charge >= 0.3 is 0 Å². The topological polar surface area (TPSA) is 93.2 Å². The lowest BCUT2D eigenvalue weighted by molar-refractivity contribution is 0.387. The van der Waals surface area contributed by atoms with Crippen LogP contribution in [0.5, 0.6) is 0 Å². The molecule has 0 atom stereocenters. The lowest BCUT2D eigenvalue weighted by atomic mass is 10.1. The molecule has 9 heteroatoms. The van der Waals surface area contributed by atoms with Crippen molar-refractivity contribution in [1.29, 1.82) is 0 Å². The highest BCUT2D eigenvalue weighted by Gasteiger charge is 2.03. The lowest BCUT2D eigenvalue weighted by Crippen LogP contribution is -2.38. The highest BCUT2D eigenvalue weighted by atomic mass is 127. The van der Waals surface area contributed by atoms with Crippen molar-refractivity contribution in [3.05, 3.63) is 60.0 Å². The third-order valence-corrected chi connectivity index (χ3v) is 3.70. The second-order valence-corrected chi connectivity index (χ2v) is 5.72. The van der Waals surface area contributed by atoms with Crippen molar-refractivity contribution >= 4 is 29.9 Å². The van der Waals surface area contributed by atoms with Crippen molar-refractivity contribution in [2.24, 2.45) is 4.99 Å². The summed E-state index contributed by atoms with van der Waals surface area (Å²) in [6.07, 6.45) is 4.60. The summed E-state index contributed by atoms with van der Waals surface area (Å²) in [4.78, 5) is 8.63. The number of benzene rings is 1. The largest absolute Gasteiger partial charge is 0.357 e. The molecule has 8 nitrogen and oxygen atoms in total. The van der Waals surface area contributed by atoms with E-state index >= 15 is 0 Å². The van der Waals surface area contributed by atoms with Gasteiger partial charge in [-0.15, -0.1) is 24.0 Å². The molecule has 144 valence electrons. The molecule has 1 aromatic carbocycles. The van der Waals surface area contributed by atoms with Gasteiger partial charge in [0.2, 0.25) is 5.89 Å². The number of hydrogen-bond donors (Lipinski definition) is 2. The Hall–Kier alpha value is -2.43. The molecule has 0 aliphatic rings. The first kappa shape index (κ1) is 20.9. The van der Waals surface area contributed by atoms with Crippen LogP contribution >= 0.6 is 24.0 Å². The van der Waals surface area contributed by atoms with Crippen LogP contribution in [0.2, 0.25) is 0 Å². The Labute approximate surface area is 175 Å². The number of halogens is 1. The summed E-state index contributed by atoms with van der Waals surface area (Å²) in [6, 6.07) is 10.3. The van der Waals surface area contributed by atoms with Gasteiger partial charge in [-0.3, -0.25) is 0 Å². The maximum atomic E-state index is 4.95. The first-order chi connectivity index (χ1) is 12.7. The molecular formula is C18H24IN7O. The summed E-state index contributed by atoms with van der Waals surface area (Å²) in [6.45, 7) is 5.74. The summed E-state index contributed by atoms with van der Waals surface area (Å²) in [5, 5.41) is 14.6. The minimum atomic E-state index is 0. The van der Waals surface area contributed by atoms with E-state index in [1.54, 1.807) is 13.1 Å². The molecule has 3 rings (SSSR count). The second kappa shape index (κ2) is 10.7. The van der Waals surface area contributed by atoms with Crippen molar-refractivity contribution in [3.63, 3.8) is 0 Å². The molecule has 0 aliphatic carbocycles. The number of guanidine groups is 1. The SMILES string of the molecule is CCNC(=NCc1noc(C)n1)NCCc1ccc(-n2cccn2)cc1.I. The molecule has 3 aromatic rings. The van der Waals surface area contributed by atoms with Crippen LogP contribution in [0, 0.1) is 6.92 Å². The number of nitrogens with one attached hydrogen (secondary N) is 2. The summed E-state index contributed by atoms with van der Waals surface area (Å²) in [7, 11) is 0. The third kappa shape index (κ3) is 6.35.